The molecule has 4 aromatic carbocycles. The molecule has 0 bridgehead atoms. The average molecular weight is 697 g/mol. The van der Waals surface area contributed by atoms with Crippen molar-refractivity contribution in [2.45, 2.75) is 0 Å². The van der Waals surface area contributed by atoms with Crippen molar-refractivity contribution < 1.29 is 0 Å². The highest BCUT2D eigenvalue weighted by Crippen LogP contribution is 2.37. The summed E-state index contributed by atoms with van der Waals surface area (Å²) < 4.78 is 2.12. The van der Waals surface area contributed by atoms with Crippen molar-refractivity contribution in [2.75, 3.05) is 10.6 Å². The Labute approximate surface area is 301 Å². The summed E-state index contributed by atoms with van der Waals surface area (Å²) in [6.07, 6.45) is 9.05. The molecule has 0 aliphatic heterocycles. The van der Waals surface area contributed by atoms with Crippen molar-refractivity contribution >= 4 is 65.6 Å². The molecule has 0 aliphatic rings. The minimum atomic E-state index is 0.695. The molecular weight excluding hydrogens is 669 g/mol. The third kappa shape index (κ3) is 7.07. The van der Waals surface area contributed by atoms with Gasteiger partial charge in [-0.2, -0.15) is 20.7 Å². The van der Waals surface area contributed by atoms with Gasteiger partial charge in [-0.25, -0.2) is 0 Å². The summed E-state index contributed by atoms with van der Waals surface area (Å²) in [5.41, 5.74) is 9.54. The Bertz CT molecular complexity index is 2570. The molecular formula is C41H28N8S2. The first kappa shape index (κ1) is 31.6. The Morgan fingerprint density at radius 1 is 0.549 bits per heavy atom. The SMILES string of the molecule is N#Cc1cc2c(Nc3ccc(-c4ccccc4)cc3)cncc2s1.c1ccc(-c2ccc(Nc3cncc4sc(-c5cn[nH]n5)cc34)cc2)cc1. The maximum Gasteiger partial charge on any atom is 0.122 e. The summed E-state index contributed by atoms with van der Waals surface area (Å²) in [6.45, 7) is 0. The molecule has 0 saturated heterocycles. The summed E-state index contributed by atoms with van der Waals surface area (Å²) >= 11 is 3.11. The largest absolute Gasteiger partial charge is 0.354 e. The molecule has 9 aromatic rings. The molecule has 0 unspecified atom stereocenters. The normalized spacial score (nSPS) is 10.7. The van der Waals surface area contributed by atoms with Gasteiger partial charge in [0.05, 0.1) is 44.2 Å². The van der Waals surface area contributed by atoms with Crippen molar-refractivity contribution in [3.05, 3.63) is 157 Å². The first-order valence-corrected chi connectivity index (χ1v) is 17.7. The van der Waals surface area contributed by atoms with Crippen LogP contribution in [-0.4, -0.2) is 25.4 Å². The van der Waals surface area contributed by atoms with Gasteiger partial charge in [0, 0.05) is 34.5 Å². The molecule has 244 valence electrons. The molecule has 3 N–H and O–H groups in total. The van der Waals surface area contributed by atoms with E-state index < -0.39 is 0 Å². The molecule has 51 heavy (non-hydrogen) atoms. The Hall–Kier alpha value is -6.67. The number of anilines is 4. The highest BCUT2D eigenvalue weighted by molar-refractivity contribution is 7.22. The third-order valence-electron chi connectivity index (χ3n) is 8.21. The number of hydrogen-bond donors (Lipinski definition) is 3. The number of aromatic amines is 1. The molecule has 5 heterocycles. The first-order chi connectivity index (χ1) is 25.2. The summed E-state index contributed by atoms with van der Waals surface area (Å²) in [7, 11) is 0. The van der Waals surface area contributed by atoms with E-state index in [4.69, 9.17) is 5.26 Å². The van der Waals surface area contributed by atoms with Crippen LogP contribution in [0, 0.1) is 11.3 Å². The zero-order chi connectivity index (χ0) is 34.4. The van der Waals surface area contributed by atoms with Gasteiger partial charge in [-0.1, -0.05) is 84.9 Å². The van der Waals surface area contributed by atoms with Gasteiger partial charge < -0.3 is 10.6 Å². The average Bonchev–Trinajstić information content (AvgIpc) is 3.98. The summed E-state index contributed by atoms with van der Waals surface area (Å²) in [5.74, 6) is 0. The number of rotatable bonds is 7. The smallest absolute Gasteiger partial charge is 0.122 e. The van der Waals surface area contributed by atoms with E-state index in [9.17, 15) is 0 Å². The van der Waals surface area contributed by atoms with E-state index in [1.165, 1.54) is 33.6 Å². The van der Waals surface area contributed by atoms with Gasteiger partial charge in [0.15, 0.2) is 0 Å². The second-order valence-corrected chi connectivity index (χ2v) is 13.7. The number of thiophene rings is 2. The second-order valence-electron chi connectivity index (χ2n) is 11.5. The molecule has 10 heteroatoms. The predicted molar refractivity (Wildman–Crippen MR) is 210 cm³/mol. The van der Waals surface area contributed by atoms with Crippen LogP contribution in [0.15, 0.2) is 152 Å². The number of fused-ring (bicyclic) bond motifs is 2. The Morgan fingerprint density at radius 2 is 1.06 bits per heavy atom. The van der Waals surface area contributed by atoms with Gasteiger partial charge in [-0.15, -0.1) is 22.7 Å². The van der Waals surface area contributed by atoms with Gasteiger partial charge in [0.2, 0.25) is 0 Å². The Kier molecular flexibility index (Phi) is 8.94. The molecule has 5 aromatic heterocycles. The molecule has 9 rings (SSSR count). The quantitative estimate of drug-likeness (QED) is 0.152. The zero-order valence-electron chi connectivity index (χ0n) is 27.0. The van der Waals surface area contributed by atoms with Gasteiger partial charge in [-0.3, -0.25) is 9.97 Å². The molecule has 0 radical (unpaired) electrons. The molecule has 0 aliphatic carbocycles. The second kappa shape index (κ2) is 14.4. The van der Waals surface area contributed by atoms with E-state index in [-0.39, 0.29) is 0 Å². The van der Waals surface area contributed by atoms with Crippen LogP contribution < -0.4 is 10.6 Å². The number of H-pyrrole nitrogens is 1. The van der Waals surface area contributed by atoms with Crippen LogP contribution in [-0.2, 0) is 0 Å². The van der Waals surface area contributed by atoms with E-state index in [1.807, 2.05) is 42.7 Å². The van der Waals surface area contributed by atoms with Gasteiger partial charge in [0.25, 0.3) is 0 Å². The highest BCUT2D eigenvalue weighted by Gasteiger charge is 2.11. The fourth-order valence-corrected chi connectivity index (χ4v) is 7.55. The number of pyridine rings is 2. The van der Waals surface area contributed by atoms with Crippen molar-refractivity contribution in [3.8, 4) is 38.9 Å². The maximum absolute atomic E-state index is 9.08. The molecule has 0 spiro atoms. The van der Waals surface area contributed by atoms with Crippen LogP contribution in [0.2, 0.25) is 0 Å². The number of nitriles is 1. The predicted octanol–water partition coefficient (Wildman–Crippen LogP) is 11.1. The van der Waals surface area contributed by atoms with Crippen LogP contribution in [0.4, 0.5) is 22.7 Å². The number of benzene rings is 4. The van der Waals surface area contributed by atoms with E-state index in [2.05, 4.69) is 133 Å². The summed E-state index contributed by atoms with van der Waals surface area (Å²) in [5, 5.41) is 28.8. The van der Waals surface area contributed by atoms with Crippen LogP contribution in [0.5, 0.6) is 0 Å². The van der Waals surface area contributed by atoms with Crippen molar-refractivity contribution in [3.63, 3.8) is 0 Å². The monoisotopic (exact) mass is 696 g/mol. The molecule has 0 fully saturated rings. The van der Waals surface area contributed by atoms with Crippen molar-refractivity contribution in [1.82, 2.24) is 25.4 Å². The van der Waals surface area contributed by atoms with E-state index in [0.717, 1.165) is 53.5 Å². The molecule has 8 nitrogen and oxygen atoms in total. The van der Waals surface area contributed by atoms with Crippen LogP contribution in [0.25, 0.3) is 53.0 Å². The van der Waals surface area contributed by atoms with E-state index in [1.54, 1.807) is 29.9 Å². The maximum atomic E-state index is 9.08. The molecule has 0 amide bonds. The lowest BCUT2D eigenvalue weighted by atomic mass is 10.1. The van der Waals surface area contributed by atoms with E-state index in [0.29, 0.717) is 4.88 Å². The summed E-state index contributed by atoms with van der Waals surface area (Å²) in [4.78, 5) is 10.4. The zero-order valence-corrected chi connectivity index (χ0v) is 28.6. The third-order valence-corrected chi connectivity index (χ3v) is 10.3. The Balaban J connectivity index is 0.000000148. The first-order valence-electron chi connectivity index (χ1n) is 16.1. The topological polar surface area (TPSA) is 115 Å². The lowest BCUT2D eigenvalue weighted by molar-refractivity contribution is 0.942. The number of aromatic nitrogens is 5. The minimum Gasteiger partial charge on any atom is -0.354 e. The Morgan fingerprint density at radius 3 is 1.57 bits per heavy atom. The molecule has 0 saturated carbocycles. The number of hydrogen-bond acceptors (Lipinski definition) is 9. The van der Waals surface area contributed by atoms with Gasteiger partial charge >= 0.3 is 0 Å². The van der Waals surface area contributed by atoms with Crippen LogP contribution >= 0.6 is 22.7 Å². The number of nitrogens with one attached hydrogen (secondary N) is 3. The fourth-order valence-electron chi connectivity index (χ4n) is 5.69. The standard InChI is InChI=1S/C21H15N5S.C20H13N3S/c1-2-4-14(5-3-1)15-6-8-16(9-7-15)24-18-11-22-13-21-17(18)10-20(27-21)19-12-23-26-25-19;21-11-17-10-18-19(12-22-13-20(18)24-17)23-16-8-6-15(7-9-16)14-4-2-1-3-5-14/h1-13,24H,(H,23,25,26);1-10,12-13,23H. The number of nitrogens with zero attached hydrogens (tertiary/aromatic N) is 5. The van der Waals surface area contributed by atoms with Crippen molar-refractivity contribution in [1.29, 1.82) is 5.26 Å². The lowest BCUT2D eigenvalue weighted by Gasteiger charge is -2.08. The fraction of sp³-hybridized carbons (Fsp3) is 0. The van der Waals surface area contributed by atoms with Crippen LogP contribution in [0.3, 0.4) is 0 Å². The highest BCUT2D eigenvalue weighted by atomic mass is 32.1. The van der Waals surface area contributed by atoms with Gasteiger partial charge in [0.1, 0.15) is 16.6 Å². The van der Waals surface area contributed by atoms with E-state index >= 15 is 0 Å². The van der Waals surface area contributed by atoms with Crippen molar-refractivity contribution in [2.24, 2.45) is 0 Å². The summed E-state index contributed by atoms with van der Waals surface area (Å²) in [6, 6.07) is 43.6. The van der Waals surface area contributed by atoms with Crippen LogP contribution in [0.1, 0.15) is 4.88 Å². The minimum absolute atomic E-state index is 0.695. The van der Waals surface area contributed by atoms with Gasteiger partial charge in [-0.05, 0) is 58.7 Å². The lowest BCUT2D eigenvalue weighted by Crippen LogP contribution is -1.91. The molecule has 0 atom stereocenters.